The minimum atomic E-state index is -0.904. The molecular formula is C18H20N2O4. The molecule has 6 heteroatoms. The lowest BCUT2D eigenvalue weighted by molar-refractivity contribution is -0.137. The van der Waals surface area contributed by atoms with Crippen molar-refractivity contribution < 1.29 is 19.4 Å². The highest BCUT2D eigenvalue weighted by atomic mass is 16.5. The van der Waals surface area contributed by atoms with Crippen LogP contribution in [0.1, 0.15) is 42.2 Å². The van der Waals surface area contributed by atoms with Gasteiger partial charge < -0.3 is 9.84 Å². The zero-order chi connectivity index (χ0) is 17.5. The van der Waals surface area contributed by atoms with Gasteiger partial charge in [-0.15, -0.1) is 0 Å². The van der Waals surface area contributed by atoms with Crippen molar-refractivity contribution in [2.75, 3.05) is 6.61 Å². The average molecular weight is 328 g/mol. The molecule has 1 N–H and O–H groups in total. The van der Waals surface area contributed by atoms with Gasteiger partial charge in [0.1, 0.15) is 5.75 Å². The molecule has 0 saturated heterocycles. The Morgan fingerprint density at radius 2 is 2.17 bits per heavy atom. The summed E-state index contributed by atoms with van der Waals surface area (Å²) in [6, 6.07) is 7.33. The quantitative estimate of drug-likeness (QED) is 0.594. The van der Waals surface area contributed by atoms with Crippen LogP contribution in [0, 0.1) is 0 Å². The molecule has 24 heavy (non-hydrogen) atoms. The van der Waals surface area contributed by atoms with Gasteiger partial charge in [-0.05, 0) is 37.6 Å². The van der Waals surface area contributed by atoms with Crippen LogP contribution >= 0.6 is 0 Å². The summed E-state index contributed by atoms with van der Waals surface area (Å²) in [6.07, 6.45) is 6.40. The Balaban J connectivity index is 2.00. The van der Waals surface area contributed by atoms with E-state index in [2.05, 4.69) is 5.10 Å². The van der Waals surface area contributed by atoms with Crippen LogP contribution < -0.4 is 4.74 Å². The van der Waals surface area contributed by atoms with Gasteiger partial charge >= 0.3 is 5.97 Å². The number of ketones is 1. The Kier molecular flexibility index (Phi) is 5.89. The molecule has 0 bridgehead atoms. The van der Waals surface area contributed by atoms with Crippen molar-refractivity contribution in [3.63, 3.8) is 0 Å². The molecule has 0 atom stereocenters. The van der Waals surface area contributed by atoms with E-state index in [1.807, 2.05) is 19.9 Å². The number of ether oxygens (including phenoxy) is 1. The van der Waals surface area contributed by atoms with Crippen LogP contribution in [0.3, 0.4) is 0 Å². The number of hydrogen-bond acceptors (Lipinski definition) is 4. The van der Waals surface area contributed by atoms with Gasteiger partial charge in [0, 0.05) is 12.2 Å². The molecule has 0 aliphatic rings. The lowest BCUT2D eigenvalue weighted by Gasteiger charge is -2.05. The first-order chi connectivity index (χ1) is 11.5. The Bertz CT molecular complexity index is 747. The normalized spacial score (nSPS) is 11.1. The maximum absolute atomic E-state index is 12.1. The molecular weight excluding hydrogens is 308 g/mol. The molecule has 126 valence electrons. The summed E-state index contributed by atoms with van der Waals surface area (Å²) in [4.78, 5) is 22.6. The lowest BCUT2D eigenvalue weighted by Crippen LogP contribution is -2.04. The van der Waals surface area contributed by atoms with E-state index in [-0.39, 0.29) is 24.9 Å². The molecule has 0 aliphatic carbocycles. The number of carboxylic acids is 1. The standard InChI is InChI=1S/C18H20N2O4/c1-13(2)20-12-15(11-19-20)17(21)7-6-14-4-3-5-16(10-14)24-9-8-18(22)23/h3-7,10-13H,8-9H2,1-2H3,(H,22,23). The summed E-state index contributed by atoms with van der Waals surface area (Å²) >= 11 is 0. The van der Waals surface area contributed by atoms with E-state index in [0.29, 0.717) is 11.3 Å². The van der Waals surface area contributed by atoms with E-state index in [1.165, 1.54) is 6.08 Å². The van der Waals surface area contributed by atoms with Crippen molar-refractivity contribution in [2.24, 2.45) is 0 Å². The second-order valence-electron chi connectivity index (χ2n) is 5.57. The van der Waals surface area contributed by atoms with E-state index < -0.39 is 5.97 Å². The Labute approximate surface area is 140 Å². The van der Waals surface area contributed by atoms with E-state index >= 15 is 0 Å². The molecule has 0 spiro atoms. The van der Waals surface area contributed by atoms with Gasteiger partial charge in [-0.2, -0.15) is 5.10 Å². The minimum absolute atomic E-state index is 0.0571. The maximum atomic E-state index is 12.1. The maximum Gasteiger partial charge on any atom is 0.306 e. The van der Waals surface area contributed by atoms with E-state index in [4.69, 9.17) is 9.84 Å². The number of carbonyl (C=O) groups excluding carboxylic acids is 1. The predicted molar refractivity (Wildman–Crippen MR) is 90.2 cm³/mol. The van der Waals surface area contributed by atoms with Crippen molar-refractivity contribution in [3.8, 4) is 5.75 Å². The molecule has 6 nitrogen and oxygen atoms in total. The Hall–Kier alpha value is -2.89. The highest BCUT2D eigenvalue weighted by molar-refractivity contribution is 6.06. The van der Waals surface area contributed by atoms with Crippen LogP contribution in [-0.2, 0) is 4.79 Å². The second-order valence-corrected chi connectivity index (χ2v) is 5.57. The number of hydrogen-bond donors (Lipinski definition) is 1. The number of carbonyl (C=O) groups is 2. The van der Waals surface area contributed by atoms with Crippen LogP contribution in [0.4, 0.5) is 0 Å². The first kappa shape index (κ1) is 17.5. The van der Waals surface area contributed by atoms with Gasteiger partial charge in [0.25, 0.3) is 0 Å². The second kappa shape index (κ2) is 8.10. The van der Waals surface area contributed by atoms with Gasteiger partial charge in [0.15, 0.2) is 5.78 Å². The highest BCUT2D eigenvalue weighted by Crippen LogP contribution is 2.15. The van der Waals surface area contributed by atoms with E-state index in [9.17, 15) is 9.59 Å². The highest BCUT2D eigenvalue weighted by Gasteiger charge is 2.07. The summed E-state index contributed by atoms with van der Waals surface area (Å²) in [7, 11) is 0. The molecule has 2 aromatic rings. The monoisotopic (exact) mass is 328 g/mol. The number of carboxylic acid groups (broad SMARTS) is 1. The minimum Gasteiger partial charge on any atom is -0.493 e. The van der Waals surface area contributed by atoms with Crippen LogP contribution in [0.2, 0.25) is 0 Å². The molecule has 0 fully saturated rings. The Morgan fingerprint density at radius 1 is 1.38 bits per heavy atom. The fourth-order valence-electron chi connectivity index (χ4n) is 1.98. The van der Waals surface area contributed by atoms with E-state index in [1.54, 1.807) is 41.4 Å². The molecule has 1 heterocycles. The van der Waals surface area contributed by atoms with Crippen molar-refractivity contribution in [3.05, 3.63) is 53.9 Å². The number of rotatable bonds is 8. The van der Waals surface area contributed by atoms with Gasteiger partial charge in [0.05, 0.1) is 24.8 Å². The number of benzene rings is 1. The van der Waals surface area contributed by atoms with Crippen molar-refractivity contribution >= 4 is 17.8 Å². The SMILES string of the molecule is CC(C)n1cc(C(=O)C=Cc2cccc(OCCC(=O)O)c2)cn1. The van der Waals surface area contributed by atoms with Gasteiger partial charge in [-0.25, -0.2) is 0 Å². The fourth-order valence-corrected chi connectivity index (χ4v) is 1.98. The topological polar surface area (TPSA) is 81.4 Å². The molecule has 0 aliphatic heterocycles. The van der Waals surface area contributed by atoms with Gasteiger partial charge in [0.2, 0.25) is 0 Å². The third-order valence-corrected chi connectivity index (χ3v) is 3.29. The van der Waals surface area contributed by atoms with Crippen LogP contribution in [-0.4, -0.2) is 33.2 Å². The largest absolute Gasteiger partial charge is 0.493 e. The lowest BCUT2D eigenvalue weighted by atomic mass is 10.1. The fraction of sp³-hybridized carbons (Fsp3) is 0.278. The number of aromatic nitrogens is 2. The molecule has 2 rings (SSSR count). The third-order valence-electron chi connectivity index (χ3n) is 3.29. The Morgan fingerprint density at radius 3 is 2.83 bits per heavy atom. The summed E-state index contributed by atoms with van der Waals surface area (Å²) < 4.78 is 7.10. The number of aliphatic carboxylic acids is 1. The smallest absolute Gasteiger partial charge is 0.306 e. The molecule has 0 radical (unpaired) electrons. The molecule has 0 saturated carbocycles. The van der Waals surface area contributed by atoms with Crippen LogP contribution in [0.15, 0.2) is 42.7 Å². The van der Waals surface area contributed by atoms with Crippen LogP contribution in [0.25, 0.3) is 6.08 Å². The zero-order valence-electron chi connectivity index (χ0n) is 13.7. The van der Waals surface area contributed by atoms with Gasteiger partial charge in [-0.3, -0.25) is 14.3 Å². The molecule has 0 unspecified atom stereocenters. The van der Waals surface area contributed by atoms with Crippen molar-refractivity contribution in [1.82, 2.24) is 9.78 Å². The number of allylic oxidation sites excluding steroid dienone is 1. The van der Waals surface area contributed by atoms with Crippen LogP contribution in [0.5, 0.6) is 5.75 Å². The van der Waals surface area contributed by atoms with Crippen molar-refractivity contribution in [1.29, 1.82) is 0 Å². The third kappa shape index (κ3) is 5.08. The number of nitrogens with zero attached hydrogens (tertiary/aromatic N) is 2. The first-order valence-corrected chi connectivity index (χ1v) is 7.67. The van der Waals surface area contributed by atoms with E-state index in [0.717, 1.165) is 5.56 Å². The molecule has 1 aromatic heterocycles. The van der Waals surface area contributed by atoms with Gasteiger partial charge in [-0.1, -0.05) is 18.2 Å². The summed E-state index contributed by atoms with van der Waals surface area (Å²) in [6.45, 7) is 4.09. The summed E-state index contributed by atoms with van der Waals surface area (Å²) in [5.41, 5.74) is 1.33. The predicted octanol–water partition coefficient (Wildman–Crippen LogP) is 3.21. The molecule has 0 amide bonds. The first-order valence-electron chi connectivity index (χ1n) is 7.67. The average Bonchev–Trinajstić information content (AvgIpc) is 3.03. The summed E-state index contributed by atoms with van der Waals surface area (Å²) in [5, 5.41) is 12.7. The molecule has 1 aromatic carbocycles. The van der Waals surface area contributed by atoms with Crippen molar-refractivity contribution in [2.45, 2.75) is 26.3 Å². The zero-order valence-corrected chi connectivity index (χ0v) is 13.7. The summed E-state index contributed by atoms with van der Waals surface area (Å²) in [5.74, 6) is -0.462.